The van der Waals surface area contributed by atoms with Crippen LogP contribution in [0.15, 0.2) is 4.99 Å². The van der Waals surface area contributed by atoms with Crippen molar-refractivity contribution in [2.45, 2.75) is 0 Å². The number of rotatable bonds is 0. The van der Waals surface area contributed by atoms with Gasteiger partial charge in [-0.25, -0.2) is 4.58 Å². The molecule has 0 aromatic carbocycles. The van der Waals surface area contributed by atoms with Crippen LogP contribution >= 0.6 is 0 Å². The van der Waals surface area contributed by atoms with Crippen molar-refractivity contribution in [3.05, 3.63) is 0 Å². The second-order valence-electron chi connectivity index (χ2n) is 1.63. The first kappa shape index (κ1) is 5.08. The molecule has 0 radical (unpaired) electrons. The standard InChI is InChI=1S/C6H7N2/c1-8-5-3-2-4-7-6-8/h4-5H2,1H3/q+1. The quantitative estimate of drug-likeness (QED) is 0.301. The molecule has 1 aliphatic rings. The van der Waals surface area contributed by atoms with E-state index in [1.165, 1.54) is 0 Å². The van der Waals surface area contributed by atoms with Crippen LogP contribution in [0.5, 0.6) is 0 Å². The zero-order chi connectivity index (χ0) is 5.82. The van der Waals surface area contributed by atoms with Gasteiger partial charge in [0.1, 0.15) is 0 Å². The van der Waals surface area contributed by atoms with Crippen molar-refractivity contribution >= 4 is 6.01 Å². The minimum Gasteiger partial charge on any atom is -0.212 e. The van der Waals surface area contributed by atoms with Gasteiger partial charge in [0.15, 0.2) is 6.54 Å². The second-order valence-corrected chi connectivity index (χ2v) is 1.63. The Morgan fingerprint density at radius 2 is 2.38 bits per heavy atom. The van der Waals surface area contributed by atoms with Gasteiger partial charge in [0.05, 0.1) is 7.05 Å². The summed E-state index contributed by atoms with van der Waals surface area (Å²) in [6.07, 6.45) is 0. The molecule has 1 heterocycles. The third-order valence-corrected chi connectivity index (χ3v) is 0.841. The number of nitrogens with zero attached hydrogens (tertiary/aromatic N) is 2. The van der Waals surface area contributed by atoms with Crippen LogP contribution in [-0.4, -0.2) is 30.7 Å². The lowest BCUT2D eigenvalue weighted by molar-refractivity contribution is -0.477. The fourth-order valence-corrected chi connectivity index (χ4v) is 0.461. The van der Waals surface area contributed by atoms with Gasteiger partial charge in [-0.2, -0.15) is 0 Å². The zero-order valence-corrected chi connectivity index (χ0v) is 4.81. The largest absolute Gasteiger partial charge is 0.308 e. The van der Waals surface area contributed by atoms with E-state index < -0.39 is 0 Å². The minimum atomic E-state index is 0.602. The molecule has 8 heavy (non-hydrogen) atoms. The molecule has 0 fully saturated rings. The van der Waals surface area contributed by atoms with E-state index in [2.05, 4.69) is 22.8 Å². The van der Waals surface area contributed by atoms with Gasteiger partial charge in [-0.1, -0.05) is 5.92 Å². The highest BCUT2D eigenvalue weighted by molar-refractivity contribution is 5.35. The highest BCUT2D eigenvalue weighted by Gasteiger charge is 1.88. The Morgan fingerprint density at radius 1 is 1.50 bits per heavy atom. The summed E-state index contributed by atoms with van der Waals surface area (Å²) in [4.78, 5) is 3.85. The van der Waals surface area contributed by atoms with E-state index >= 15 is 0 Å². The lowest BCUT2D eigenvalue weighted by atomic mass is 10.6. The first-order valence-electron chi connectivity index (χ1n) is 2.48. The highest BCUT2D eigenvalue weighted by atomic mass is 15.0. The molecule has 0 spiro atoms. The summed E-state index contributed by atoms with van der Waals surface area (Å²) < 4.78 is 1.83. The SMILES string of the molecule is C[N+]1=C=NCC#CC1. The summed E-state index contributed by atoms with van der Waals surface area (Å²) in [5.41, 5.74) is 0. The molecule has 0 aromatic heterocycles. The topological polar surface area (TPSA) is 15.4 Å². The molecular weight excluding hydrogens is 100 g/mol. The summed E-state index contributed by atoms with van der Waals surface area (Å²) in [6.45, 7) is 1.36. The normalized spacial score (nSPS) is 15.9. The summed E-state index contributed by atoms with van der Waals surface area (Å²) in [7, 11) is 1.91. The van der Waals surface area contributed by atoms with E-state index in [0.29, 0.717) is 6.54 Å². The average molecular weight is 107 g/mol. The molecule has 1 rings (SSSR count). The van der Waals surface area contributed by atoms with E-state index in [0.717, 1.165) is 6.54 Å². The van der Waals surface area contributed by atoms with E-state index in [9.17, 15) is 0 Å². The van der Waals surface area contributed by atoms with Crippen LogP contribution in [0.3, 0.4) is 0 Å². The van der Waals surface area contributed by atoms with Crippen molar-refractivity contribution < 1.29 is 4.58 Å². The van der Waals surface area contributed by atoms with Crippen molar-refractivity contribution in [2.24, 2.45) is 4.99 Å². The van der Waals surface area contributed by atoms with Crippen LogP contribution in [0.1, 0.15) is 0 Å². The smallest absolute Gasteiger partial charge is 0.212 e. The lowest BCUT2D eigenvalue weighted by Gasteiger charge is -1.79. The molecule has 2 heteroatoms. The Balaban J connectivity index is 2.79. The molecule has 1 aliphatic heterocycles. The Kier molecular flexibility index (Phi) is 1.46. The predicted molar refractivity (Wildman–Crippen MR) is 31.1 cm³/mol. The summed E-state index contributed by atoms with van der Waals surface area (Å²) in [5, 5.41) is 0. The minimum absolute atomic E-state index is 0.602. The molecule has 0 aromatic rings. The third kappa shape index (κ3) is 1.22. The molecule has 2 nitrogen and oxygen atoms in total. The number of hydrogen-bond acceptors (Lipinski definition) is 1. The lowest BCUT2D eigenvalue weighted by Crippen LogP contribution is -2.01. The van der Waals surface area contributed by atoms with Gasteiger partial charge in [0.25, 0.3) is 0 Å². The number of hydrogen-bond donors (Lipinski definition) is 0. The molecule has 0 amide bonds. The summed E-state index contributed by atoms with van der Waals surface area (Å²) >= 11 is 0. The van der Waals surface area contributed by atoms with Gasteiger partial charge < -0.3 is 0 Å². The third-order valence-electron chi connectivity index (χ3n) is 0.841. The Morgan fingerprint density at radius 3 is 3.25 bits per heavy atom. The molecular formula is C6H7N2+. The van der Waals surface area contributed by atoms with Gasteiger partial charge in [0, 0.05) is 0 Å². The van der Waals surface area contributed by atoms with Gasteiger partial charge >= 0.3 is 6.01 Å². The first-order chi connectivity index (χ1) is 3.89. The highest BCUT2D eigenvalue weighted by Crippen LogP contribution is 1.70. The molecule has 0 N–H and O–H groups in total. The van der Waals surface area contributed by atoms with Crippen LogP contribution in [0, 0.1) is 11.8 Å². The van der Waals surface area contributed by atoms with E-state index in [1.54, 1.807) is 0 Å². The van der Waals surface area contributed by atoms with Crippen LogP contribution in [0.25, 0.3) is 0 Å². The fraction of sp³-hybridized carbons (Fsp3) is 0.500. The van der Waals surface area contributed by atoms with E-state index in [4.69, 9.17) is 0 Å². The maximum absolute atomic E-state index is 3.85. The average Bonchev–Trinajstić information content (AvgIpc) is 1.94. The summed E-state index contributed by atoms with van der Waals surface area (Å²) in [6, 6.07) is 2.78. The monoisotopic (exact) mass is 107 g/mol. The molecule has 0 saturated heterocycles. The van der Waals surface area contributed by atoms with Crippen molar-refractivity contribution in [2.75, 3.05) is 20.1 Å². The molecule has 0 saturated carbocycles. The maximum atomic E-state index is 3.85. The van der Waals surface area contributed by atoms with Crippen LogP contribution < -0.4 is 0 Å². The van der Waals surface area contributed by atoms with Crippen LogP contribution in [0.4, 0.5) is 0 Å². The molecule has 0 aliphatic carbocycles. The number of aliphatic imine (C=N–C) groups is 1. The van der Waals surface area contributed by atoms with Crippen molar-refractivity contribution in [3.8, 4) is 11.8 Å². The molecule has 0 atom stereocenters. The Bertz CT molecular complexity index is 198. The van der Waals surface area contributed by atoms with Crippen LogP contribution in [0.2, 0.25) is 0 Å². The molecule has 40 valence electrons. The zero-order valence-electron chi connectivity index (χ0n) is 4.81. The fourth-order valence-electron chi connectivity index (χ4n) is 0.461. The van der Waals surface area contributed by atoms with Crippen molar-refractivity contribution in [3.63, 3.8) is 0 Å². The van der Waals surface area contributed by atoms with Gasteiger partial charge in [-0.15, -0.1) is 0 Å². The van der Waals surface area contributed by atoms with Gasteiger partial charge in [-0.05, 0) is 10.9 Å². The predicted octanol–water partition coefficient (Wildman–Crippen LogP) is -0.180. The second kappa shape index (κ2) is 2.30. The van der Waals surface area contributed by atoms with Crippen LogP contribution in [-0.2, 0) is 0 Å². The Labute approximate surface area is 48.6 Å². The van der Waals surface area contributed by atoms with Crippen molar-refractivity contribution in [1.82, 2.24) is 0 Å². The molecule has 0 bridgehead atoms. The Hall–Kier alpha value is -1.06. The van der Waals surface area contributed by atoms with E-state index in [1.807, 2.05) is 11.6 Å². The van der Waals surface area contributed by atoms with E-state index in [-0.39, 0.29) is 0 Å². The molecule has 0 unspecified atom stereocenters. The maximum Gasteiger partial charge on any atom is 0.308 e. The van der Waals surface area contributed by atoms with Crippen molar-refractivity contribution in [1.29, 1.82) is 0 Å². The van der Waals surface area contributed by atoms with Gasteiger partial charge in [-0.3, -0.25) is 0 Å². The first-order valence-corrected chi connectivity index (χ1v) is 2.48. The van der Waals surface area contributed by atoms with Gasteiger partial charge in [0.2, 0.25) is 6.54 Å². The summed E-state index contributed by atoms with van der Waals surface area (Å²) in [5.74, 6) is 5.77.